The molecule has 0 fully saturated rings. The average molecular weight is 280 g/mol. The molecule has 0 unspecified atom stereocenters. The van der Waals surface area contributed by atoms with Crippen molar-refractivity contribution in [2.45, 2.75) is 5.33 Å². The van der Waals surface area contributed by atoms with Gasteiger partial charge in [-0.2, -0.15) is 0 Å². The van der Waals surface area contributed by atoms with Crippen molar-refractivity contribution < 1.29 is 4.39 Å². The minimum absolute atomic E-state index is 0.191. The molecule has 0 nitrogen and oxygen atoms in total. The Morgan fingerprint density at radius 2 is 2.23 bits per heavy atom. The van der Waals surface area contributed by atoms with Crippen molar-refractivity contribution in [2.24, 2.45) is 0 Å². The number of fused-ring (bicyclic) bond motifs is 1. The third-order valence-corrected chi connectivity index (χ3v) is 3.89. The highest BCUT2D eigenvalue weighted by Gasteiger charge is 2.08. The van der Waals surface area contributed by atoms with Crippen LogP contribution in [-0.4, -0.2) is 0 Å². The van der Waals surface area contributed by atoms with Gasteiger partial charge in [0.15, 0.2) is 0 Å². The third-order valence-electron chi connectivity index (χ3n) is 1.80. The van der Waals surface area contributed by atoms with Gasteiger partial charge in [-0.05, 0) is 17.7 Å². The van der Waals surface area contributed by atoms with Crippen molar-refractivity contribution in [3.63, 3.8) is 0 Å². The first kappa shape index (κ1) is 9.44. The molecule has 0 aliphatic rings. The van der Waals surface area contributed by atoms with Gasteiger partial charge in [0.25, 0.3) is 0 Å². The summed E-state index contributed by atoms with van der Waals surface area (Å²) in [7, 11) is 0. The summed E-state index contributed by atoms with van der Waals surface area (Å²) in [5.74, 6) is -0.191. The van der Waals surface area contributed by atoms with Crippen LogP contribution in [-0.2, 0) is 5.33 Å². The fourth-order valence-electron chi connectivity index (χ4n) is 1.20. The van der Waals surface area contributed by atoms with E-state index < -0.39 is 0 Å². The smallest absolute Gasteiger partial charge is 0.141 e. The SMILES string of the molecule is Fc1cc(CBr)cc2c(Cl)csc12. The molecule has 4 heteroatoms. The van der Waals surface area contributed by atoms with Crippen LogP contribution in [0.15, 0.2) is 17.5 Å². The molecule has 13 heavy (non-hydrogen) atoms. The zero-order chi connectivity index (χ0) is 9.42. The number of rotatable bonds is 1. The van der Waals surface area contributed by atoms with Crippen LogP contribution in [0, 0.1) is 5.82 Å². The summed E-state index contributed by atoms with van der Waals surface area (Å²) in [5, 5.41) is 3.84. The topological polar surface area (TPSA) is 0 Å². The Bertz CT molecular complexity index is 452. The van der Waals surface area contributed by atoms with Gasteiger partial charge in [-0.15, -0.1) is 11.3 Å². The molecule has 2 rings (SSSR count). The predicted molar refractivity (Wildman–Crippen MR) is 59.4 cm³/mol. The molecule has 0 atom stereocenters. The Kier molecular flexibility index (Phi) is 2.58. The minimum Gasteiger partial charge on any atom is -0.205 e. The summed E-state index contributed by atoms with van der Waals surface area (Å²) in [5.41, 5.74) is 0.908. The summed E-state index contributed by atoms with van der Waals surface area (Å²) in [6.07, 6.45) is 0. The van der Waals surface area contributed by atoms with Crippen LogP contribution in [0.5, 0.6) is 0 Å². The molecule has 1 aromatic heterocycles. The van der Waals surface area contributed by atoms with E-state index in [1.807, 2.05) is 6.07 Å². The highest BCUT2D eigenvalue weighted by Crippen LogP contribution is 2.33. The summed E-state index contributed by atoms with van der Waals surface area (Å²) in [4.78, 5) is 0. The van der Waals surface area contributed by atoms with E-state index in [-0.39, 0.29) is 5.82 Å². The van der Waals surface area contributed by atoms with Crippen LogP contribution in [0.4, 0.5) is 4.39 Å². The summed E-state index contributed by atoms with van der Waals surface area (Å²) in [6.45, 7) is 0. The first-order valence-corrected chi connectivity index (χ1v) is 6.01. The Balaban J connectivity index is 2.80. The van der Waals surface area contributed by atoms with Crippen molar-refractivity contribution in [3.8, 4) is 0 Å². The van der Waals surface area contributed by atoms with Crippen molar-refractivity contribution in [1.29, 1.82) is 0 Å². The molecule has 0 aliphatic heterocycles. The molecule has 68 valence electrons. The standard InChI is InChI=1S/C9H5BrClFS/c10-3-5-1-6-7(11)4-13-9(6)8(12)2-5/h1-2,4H,3H2. The molecule has 0 saturated carbocycles. The van der Waals surface area contributed by atoms with E-state index in [0.29, 0.717) is 15.1 Å². The Labute approximate surface area is 92.5 Å². The number of halogens is 3. The van der Waals surface area contributed by atoms with Crippen LogP contribution in [0.2, 0.25) is 5.02 Å². The van der Waals surface area contributed by atoms with Crippen molar-refractivity contribution in [3.05, 3.63) is 33.9 Å². The second-order valence-corrected chi connectivity index (χ2v) is 4.52. The lowest BCUT2D eigenvalue weighted by atomic mass is 10.2. The van der Waals surface area contributed by atoms with E-state index >= 15 is 0 Å². The fraction of sp³-hybridized carbons (Fsp3) is 0.111. The molecular formula is C9H5BrClFS. The quantitative estimate of drug-likeness (QED) is 0.670. The Morgan fingerprint density at radius 1 is 1.46 bits per heavy atom. The normalized spacial score (nSPS) is 11.0. The molecule has 0 spiro atoms. The second-order valence-electron chi connectivity index (χ2n) is 2.67. The van der Waals surface area contributed by atoms with Crippen LogP contribution in [0.1, 0.15) is 5.56 Å². The van der Waals surface area contributed by atoms with E-state index in [0.717, 1.165) is 10.9 Å². The maximum atomic E-state index is 13.4. The maximum Gasteiger partial charge on any atom is 0.141 e. The lowest BCUT2D eigenvalue weighted by Crippen LogP contribution is -1.80. The molecule has 1 heterocycles. The molecule has 0 N–H and O–H groups in total. The zero-order valence-electron chi connectivity index (χ0n) is 6.48. The molecule has 2 aromatic rings. The number of hydrogen-bond acceptors (Lipinski definition) is 1. The van der Waals surface area contributed by atoms with E-state index in [4.69, 9.17) is 11.6 Å². The van der Waals surface area contributed by atoms with Gasteiger partial charge in [-0.25, -0.2) is 4.39 Å². The van der Waals surface area contributed by atoms with Crippen LogP contribution >= 0.6 is 38.9 Å². The van der Waals surface area contributed by atoms with E-state index in [9.17, 15) is 4.39 Å². The largest absolute Gasteiger partial charge is 0.205 e. The van der Waals surface area contributed by atoms with Crippen LogP contribution < -0.4 is 0 Å². The third kappa shape index (κ3) is 1.60. The van der Waals surface area contributed by atoms with Gasteiger partial charge in [0.2, 0.25) is 0 Å². The lowest BCUT2D eigenvalue weighted by molar-refractivity contribution is 0.640. The van der Waals surface area contributed by atoms with Gasteiger partial charge in [-0.1, -0.05) is 27.5 Å². The van der Waals surface area contributed by atoms with Crippen molar-refractivity contribution in [1.82, 2.24) is 0 Å². The predicted octanol–water partition coefficient (Wildman–Crippen LogP) is 4.59. The van der Waals surface area contributed by atoms with Gasteiger partial charge in [0.05, 0.1) is 9.72 Å². The number of benzene rings is 1. The van der Waals surface area contributed by atoms with E-state index in [1.165, 1.54) is 17.4 Å². The molecular weight excluding hydrogens is 275 g/mol. The summed E-state index contributed by atoms with van der Waals surface area (Å²) in [6, 6.07) is 3.44. The van der Waals surface area contributed by atoms with Crippen LogP contribution in [0.3, 0.4) is 0 Å². The average Bonchev–Trinajstić information content (AvgIpc) is 2.48. The molecule has 0 amide bonds. The Hall–Kier alpha value is -0.120. The van der Waals surface area contributed by atoms with E-state index in [2.05, 4.69) is 15.9 Å². The van der Waals surface area contributed by atoms with Gasteiger partial charge in [0.1, 0.15) is 5.82 Å². The van der Waals surface area contributed by atoms with E-state index in [1.54, 1.807) is 5.38 Å². The number of thiophene rings is 1. The van der Waals surface area contributed by atoms with Gasteiger partial charge < -0.3 is 0 Å². The second kappa shape index (κ2) is 3.56. The first-order valence-electron chi connectivity index (χ1n) is 3.63. The zero-order valence-corrected chi connectivity index (χ0v) is 9.64. The highest BCUT2D eigenvalue weighted by molar-refractivity contribution is 9.08. The van der Waals surface area contributed by atoms with Gasteiger partial charge in [-0.3, -0.25) is 0 Å². The fourth-order valence-corrected chi connectivity index (χ4v) is 2.68. The molecule has 1 aromatic carbocycles. The van der Waals surface area contributed by atoms with Gasteiger partial charge in [0, 0.05) is 16.1 Å². The number of alkyl halides is 1. The van der Waals surface area contributed by atoms with Crippen molar-refractivity contribution in [2.75, 3.05) is 0 Å². The summed E-state index contributed by atoms with van der Waals surface area (Å²) < 4.78 is 14.0. The molecule has 0 bridgehead atoms. The van der Waals surface area contributed by atoms with Crippen molar-refractivity contribution >= 4 is 49.0 Å². The van der Waals surface area contributed by atoms with Crippen LogP contribution in [0.25, 0.3) is 10.1 Å². The number of hydrogen-bond donors (Lipinski definition) is 0. The summed E-state index contributed by atoms with van der Waals surface area (Å²) >= 11 is 10.5. The lowest BCUT2D eigenvalue weighted by Gasteiger charge is -1.97. The molecule has 0 radical (unpaired) electrons. The highest BCUT2D eigenvalue weighted by atomic mass is 79.9. The molecule has 0 saturated heterocycles. The molecule has 0 aliphatic carbocycles. The first-order chi connectivity index (χ1) is 6.22. The monoisotopic (exact) mass is 278 g/mol. The maximum absolute atomic E-state index is 13.4. The minimum atomic E-state index is -0.191. The van der Waals surface area contributed by atoms with Gasteiger partial charge >= 0.3 is 0 Å². The Morgan fingerprint density at radius 3 is 2.92 bits per heavy atom.